The molecule has 0 unspecified atom stereocenters. The first-order valence-corrected chi connectivity index (χ1v) is 4.32. The molecule has 0 aliphatic carbocycles. The Labute approximate surface area is 84.7 Å². The maximum absolute atomic E-state index is 10.8. The van der Waals surface area contributed by atoms with Crippen LogP contribution >= 0.6 is 11.6 Å². The van der Waals surface area contributed by atoms with Crippen LogP contribution in [0.2, 0.25) is 5.15 Å². The minimum atomic E-state index is -0.173. The molecule has 1 N–H and O–H groups in total. The summed E-state index contributed by atoms with van der Waals surface area (Å²) >= 11 is 5.71. The van der Waals surface area contributed by atoms with Gasteiger partial charge in [-0.05, 0) is 12.1 Å². The van der Waals surface area contributed by atoms with Crippen LogP contribution in [-0.4, -0.2) is 20.5 Å². The summed E-state index contributed by atoms with van der Waals surface area (Å²) in [7, 11) is 0. The van der Waals surface area contributed by atoms with Crippen molar-refractivity contribution in [1.29, 1.82) is 0 Å². The van der Waals surface area contributed by atoms with E-state index in [1.165, 1.54) is 17.6 Å². The predicted molar refractivity (Wildman–Crippen MR) is 52.3 cm³/mol. The second kappa shape index (κ2) is 3.26. The monoisotopic (exact) mass is 210 g/mol. The van der Waals surface area contributed by atoms with Gasteiger partial charge in [0.1, 0.15) is 5.15 Å². The number of hydrogen-bond donors (Lipinski definition) is 1. The van der Waals surface area contributed by atoms with E-state index in [1.54, 1.807) is 12.1 Å². The zero-order chi connectivity index (χ0) is 10.1. The summed E-state index contributed by atoms with van der Waals surface area (Å²) in [5, 5.41) is 6.94. The van der Waals surface area contributed by atoms with Crippen molar-refractivity contribution >= 4 is 29.0 Å². The number of imidazole rings is 1. The number of nitrogens with zero attached hydrogens (tertiary/aromatic N) is 3. The summed E-state index contributed by atoms with van der Waals surface area (Å²) in [5.74, 6) is 0.337. The normalized spacial score (nSPS) is 10.4. The van der Waals surface area contributed by atoms with E-state index >= 15 is 0 Å². The van der Waals surface area contributed by atoms with E-state index in [4.69, 9.17) is 11.6 Å². The van der Waals surface area contributed by atoms with Crippen molar-refractivity contribution in [2.75, 3.05) is 5.32 Å². The van der Waals surface area contributed by atoms with Gasteiger partial charge in [-0.3, -0.25) is 4.79 Å². The number of halogens is 1. The fraction of sp³-hybridized carbons (Fsp3) is 0.125. The van der Waals surface area contributed by atoms with Crippen LogP contribution in [-0.2, 0) is 4.79 Å². The lowest BCUT2D eigenvalue weighted by Gasteiger charge is -1.99. The van der Waals surface area contributed by atoms with Crippen LogP contribution in [0, 0.1) is 0 Å². The quantitative estimate of drug-likeness (QED) is 0.773. The van der Waals surface area contributed by atoms with Crippen LogP contribution in [0.1, 0.15) is 6.92 Å². The van der Waals surface area contributed by atoms with Gasteiger partial charge in [-0.15, -0.1) is 0 Å². The average Bonchev–Trinajstić information content (AvgIpc) is 2.47. The number of fused-ring (bicyclic) bond motifs is 1. The van der Waals surface area contributed by atoms with Crippen LogP contribution in [0.3, 0.4) is 0 Å². The third-order valence-electron chi connectivity index (χ3n) is 1.63. The van der Waals surface area contributed by atoms with Gasteiger partial charge in [-0.25, -0.2) is 4.98 Å². The third kappa shape index (κ3) is 1.54. The fourth-order valence-corrected chi connectivity index (χ4v) is 1.26. The summed E-state index contributed by atoms with van der Waals surface area (Å²) in [6, 6.07) is 3.36. The highest BCUT2D eigenvalue weighted by Crippen LogP contribution is 2.12. The molecular weight excluding hydrogens is 204 g/mol. The van der Waals surface area contributed by atoms with Crippen molar-refractivity contribution in [3.8, 4) is 0 Å². The SMILES string of the molecule is CC(=O)Nc1cnc2ccc(Cl)nn12. The smallest absolute Gasteiger partial charge is 0.222 e. The molecule has 72 valence electrons. The average molecular weight is 211 g/mol. The maximum atomic E-state index is 10.8. The Morgan fingerprint density at radius 2 is 2.36 bits per heavy atom. The Bertz CT molecular complexity index is 493. The molecule has 0 aliphatic heterocycles. The number of aromatic nitrogens is 3. The number of nitrogens with one attached hydrogen (secondary N) is 1. The zero-order valence-corrected chi connectivity index (χ0v) is 8.12. The van der Waals surface area contributed by atoms with Crippen LogP contribution in [0.4, 0.5) is 5.82 Å². The predicted octanol–water partition coefficient (Wildman–Crippen LogP) is 1.34. The summed E-state index contributed by atoms with van der Waals surface area (Å²) < 4.78 is 1.48. The first kappa shape index (κ1) is 8.96. The van der Waals surface area contributed by atoms with E-state index in [1.807, 2.05) is 0 Å². The molecule has 2 rings (SSSR count). The Kier molecular flexibility index (Phi) is 2.09. The molecule has 14 heavy (non-hydrogen) atoms. The molecular formula is C8H7ClN4O. The molecule has 0 aliphatic rings. The second-order valence-electron chi connectivity index (χ2n) is 2.75. The van der Waals surface area contributed by atoms with E-state index < -0.39 is 0 Å². The Hall–Kier alpha value is -1.62. The largest absolute Gasteiger partial charge is 0.310 e. The molecule has 1 amide bonds. The lowest BCUT2D eigenvalue weighted by atomic mass is 10.5. The minimum Gasteiger partial charge on any atom is -0.310 e. The van der Waals surface area contributed by atoms with E-state index in [0.29, 0.717) is 16.6 Å². The molecule has 0 fully saturated rings. The second-order valence-corrected chi connectivity index (χ2v) is 3.14. The van der Waals surface area contributed by atoms with Crippen molar-refractivity contribution in [1.82, 2.24) is 14.6 Å². The van der Waals surface area contributed by atoms with Gasteiger partial charge in [0.05, 0.1) is 6.20 Å². The van der Waals surface area contributed by atoms with Gasteiger partial charge in [0.2, 0.25) is 5.91 Å². The van der Waals surface area contributed by atoms with Crippen molar-refractivity contribution < 1.29 is 4.79 Å². The molecule has 0 saturated carbocycles. The highest BCUT2D eigenvalue weighted by atomic mass is 35.5. The van der Waals surface area contributed by atoms with E-state index in [2.05, 4.69) is 15.4 Å². The molecule has 2 heterocycles. The fourth-order valence-electron chi connectivity index (χ4n) is 1.12. The number of carbonyl (C=O) groups excluding carboxylic acids is 1. The Morgan fingerprint density at radius 1 is 1.57 bits per heavy atom. The Morgan fingerprint density at radius 3 is 3.07 bits per heavy atom. The summed E-state index contributed by atoms with van der Waals surface area (Å²) in [4.78, 5) is 14.9. The number of rotatable bonds is 1. The van der Waals surface area contributed by atoms with Crippen LogP contribution in [0.15, 0.2) is 18.3 Å². The van der Waals surface area contributed by atoms with Gasteiger partial charge in [-0.1, -0.05) is 11.6 Å². The Balaban J connectivity index is 2.55. The van der Waals surface area contributed by atoms with Gasteiger partial charge in [0, 0.05) is 6.92 Å². The van der Waals surface area contributed by atoms with Gasteiger partial charge in [0.25, 0.3) is 0 Å². The van der Waals surface area contributed by atoms with E-state index in [-0.39, 0.29) is 5.91 Å². The summed E-state index contributed by atoms with van der Waals surface area (Å²) in [5.41, 5.74) is 0.637. The van der Waals surface area contributed by atoms with Crippen LogP contribution < -0.4 is 5.32 Å². The number of hydrogen-bond acceptors (Lipinski definition) is 3. The molecule has 2 aromatic rings. The number of amides is 1. The first-order chi connectivity index (χ1) is 6.66. The maximum Gasteiger partial charge on any atom is 0.222 e. The molecule has 0 atom stereocenters. The summed E-state index contributed by atoms with van der Waals surface area (Å²) in [6.45, 7) is 1.42. The molecule has 0 saturated heterocycles. The van der Waals surface area contributed by atoms with E-state index in [0.717, 1.165) is 0 Å². The molecule has 0 spiro atoms. The van der Waals surface area contributed by atoms with Crippen molar-refractivity contribution in [3.63, 3.8) is 0 Å². The van der Waals surface area contributed by atoms with Crippen molar-refractivity contribution in [3.05, 3.63) is 23.5 Å². The molecule has 0 aromatic carbocycles. The van der Waals surface area contributed by atoms with Gasteiger partial charge >= 0.3 is 0 Å². The van der Waals surface area contributed by atoms with E-state index in [9.17, 15) is 4.79 Å². The minimum absolute atomic E-state index is 0.173. The standard InChI is InChI=1S/C8H7ClN4O/c1-5(14)11-8-4-10-7-3-2-6(9)12-13(7)8/h2-4H,1H3,(H,11,14). The van der Waals surface area contributed by atoms with Gasteiger partial charge in [0.15, 0.2) is 11.5 Å². The summed E-state index contributed by atoms with van der Waals surface area (Å²) in [6.07, 6.45) is 1.53. The molecule has 5 nitrogen and oxygen atoms in total. The first-order valence-electron chi connectivity index (χ1n) is 3.95. The van der Waals surface area contributed by atoms with Gasteiger partial charge in [-0.2, -0.15) is 9.61 Å². The lowest BCUT2D eigenvalue weighted by Crippen LogP contribution is -2.08. The third-order valence-corrected chi connectivity index (χ3v) is 1.84. The number of carbonyl (C=O) groups is 1. The highest BCUT2D eigenvalue weighted by molar-refractivity contribution is 6.29. The molecule has 6 heteroatoms. The van der Waals surface area contributed by atoms with Crippen LogP contribution in [0.25, 0.3) is 5.65 Å². The number of anilines is 1. The van der Waals surface area contributed by atoms with Crippen LogP contribution in [0.5, 0.6) is 0 Å². The topological polar surface area (TPSA) is 59.3 Å². The van der Waals surface area contributed by atoms with Gasteiger partial charge < -0.3 is 5.32 Å². The lowest BCUT2D eigenvalue weighted by molar-refractivity contribution is -0.114. The molecule has 2 aromatic heterocycles. The van der Waals surface area contributed by atoms with Crippen molar-refractivity contribution in [2.24, 2.45) is 0 Å². The zero-order valence-electron chi connectivity index (χ0n) is 7.36. The van der Waals surface area contributed by atoms with Crippen molar-refractivity contribution in [2.45, 2.75) is 6.92 Å². The highest BCUT2D eigenvalue weighted by Gasteiger charge is 2.05. The molecule has 0 radical (unpaired) electrons. The molecule has 0 bridgehead atoms.